The Hall–Kier alpha value is -2.12. The number of carbonyl (C=O) groups is 4. The molecule has 0 unspecified atom stereocenters. The zero-order valence-corrected chi connectivity index (χ0v) is 16.9. The van der Waals surface area contributed by atoms with Gasteiger partial charge in [-0.25, -0.2) is 4.79 Å². The summed E-state index contributed by atoms with van der Waals surface area (Å²) in [5, 5.41) is 2.67. The molecule has 0 radical (unpaired) electrons. The molecule has 0 aromatic rings. The van der Waals surface area contributed by atoms with E-state index in [1.54, 1.807) is 0 Å². The van der Waals surface area contributed by atoms with Gasteiger partial charge in [0.15, 0.2) is 6.61 Å². The number of fused-ring (bicyclic) bond motifs is 1. The molecular formula is C20H31N3O5. The van der Waals surface area contributed by atoms with Crippen molar-refractivity contribution in [3.63, 3.8) is 0 Å². The summed E-state index contributed by atoms with van der Waals surface area (Å²) in [4.78, 5) is 52.2. The number of likely N-dealkylation sites (tertiary alicyclic amines) is 1. The summed E-state index contributed by atoms with van der Waals surface area (Å²) in [6.45, 7) is 3.54. The van der Waals surface area contributed by atoms with Crippen LogP contribution in [0, 0.1) is 5.92 Å². The molecular weight excluding hydrogens is 362 g/mol. The maximum Gasteiger partial charge on any atom is 0.326 e. The predicted octanol–water partition coefficient (Wildman–Crippen LogP) is 1.82. The zero-order valence-electron chi connectivity index (χ0n) is 16.9. The number of esters is 1. The van der Waals surface area contributed by atoms with Crippen molar-refractivity contribution in [2.45, 2.75) is 76.8 Å². The Kier molecular flexibility index (Phi) is 6.25. The third kappa shape index (κ3) is 3.86. The van der Waals surface area contributed by atoms with Crippen molar-refractivity contribution in [2.24, 2.45) is 5.92 Å². The maximum atomic E-state index is 12.6. The highest BCUT2D eigenvalue weighted by molar-refractivity contribution is 6.08. The van der Waals surface area contributed by atoms with Gasteiger partial charge < -0.3 is 15.0 Å². The van der Waals surface area contributed by atoms with Gasteiger partial charge in [-0.2, -0.15) is 0 Å². The number of ether oxygens (including phenoxy) is 1. The molecule has 0 aromatic carbocycles. The number of nitrogens with zero attached hydrogens (tertiary/aromatic N) is 2. The Balaban J connectivity index is 1.52. The van der Waals surface area contributed by atoms with Gasteiger partial charge in [-0.3, -0.25) is 19.3 Å². The number of piperidine rings is 1. The average molecular weight is 393 g/mol. The lowest BCUT2D eigenvalue weighted by Crippen LogP contribution is -2.51. The minimum atomic E-state index is -0.947. The molecule has 0 spiro atoms. The van der Waals surface area contributed by atoms with E-state index in [0.717, 1.165) is 37.0 Å². The second-order valence-corrected chi connectivity index (χ2v) is 8.11. The van der Waals surface area contributed by atoms with E-state index in [-0.39, 0.29) is 18.6 Å². The molecule has 3 aliphatic rings. The first kappa shape index (κ1) is 20.6. The van der Waals surface area contributed by atoms with E-state index in [1.807, 2.05) is 18.7 Å². The van der Waals surface area contributed by atoms with Crippen LogP contribution in [0.25, 0.3) is 0 Å². The van der Waals surface area contributed by atoms with Crippen LogP contribution in [0.1, 0.15) is 65.2 Å². The number of nitrogens with one attached hydrogen (secondary N) is 1. The van der Waals surface area contributed by atoms with Gasteiger partial charge in [0, 0.05) is 12.6 Å². The fourth-order valence-electron chi connectivity index (χ4n) is 4.88. The highest BCUT2D eigenvalue weighted by Gasteiger charge is 2.49. The molecule has 0 bridgehead atoms. The van der Waals surface area contributed by atoms with E-state index >= 15 is 0 Å². The van der Waals surface area contributed by atoms with Gasteiger partial charge in [0.1, 0.15) is 12.1 Å². The summed E-state index contributed by atoms with van der Waals surface area (Å²) in [6.07, 6.45) is 7.59. The van der Waals surface area contributed by atoms with Crippen molar-refractivity contribution in [3.8, 4) is 0 Å². The van der Waals surface area contributed by atoms with Gasteiger partial charge in [-0.1, -0.05) is 26.7 Å². The summed E-state index contributed by atoms with van der Waals surface area (Å²) >= 11 is 0. The van der Waals surface area contributed by atoms with Gasteiger partial charge in [-0.05, 0) is 44.4 Å². The molecule has 2 atom stereocenters. The van der Waals surface area contributed by atoms with Gasteiger partial charge in [0.25, 0.3) is 11.8 Å². The predicted molar refractivity (Wildman–Crippen MR) is 101 cm³/mol. The normalized spacial score (nSPS) is 26.6. The van der Waals surface area contributed by atoms with Gasteiger partial charge >= 0.3 is 12.0 Å². The van der Waals surface area contributed by atoms with Crippen LogP contribution in [-0.2, 0) is 19.1 Å². The summed E-state index contributed by atoms with van der Waals surface area (Å²) in [7, 11) is 0. The fraction of sp³-hybridized carbons (Fsp3) is 0.800. The Morgan fingerprint density at radius 2 is 1.79 bits per heavy atom. The first-order chi connectivity index (χ1) is 13.4. The van der Waals surface area contributed by atoms with Crippen molar-refractivity contribution < 1.29 is 23.9 Å². The Bertz CT molecular complexity index is 644. The van der Waals surface area contributed by atoms with Crippen molar-refractivity contribution >= 4 is 23.8 Å². The number of urea groups is 1. The highest BCUT2D eigenvalue weighted by Crippen LogP contribution is 2.35. The van der Waals surface area contributed by atoms with Gasteiger partial charge in [0.2, 0.25) is 0 Å². The van der Waals surface area contributed by atoms with Crippen LogP contribution >= 0.6 is 0 Å². The van der Waals surface area contributed by atoms with Crippen molar-refractivity contribution in [2.75, 3.05) is 19.7 Å². The zero-order chi connectivity index (χ0) is 20.3. The molecule has 1 aliphatic carbocycles. The second-order valence-electron chi connectivity index (χ2n) is 8.11. The van der Waals surface area contributed by atoms with Crippen LogP contribution in [0.15, 0.2) is 0 Å². The van der Waals surface area contributed by atoms with Crippen LogP contribution in [0.5, 0.6) is 0 Å². The highest BCUT2D eigenvalue weighted by atomic mass is 16.5. The SMILES string of the molecule is CCC1(CC)NC(=O)N(CC(=O)OCC(=O)N2CCC[C@@H]3CCCC[C@@H]32)C1=O. The Labute approximate surface area is 165 Å². The summed E-state index contributed by atoms with van der Waals surface area (Å²) < 4.78 is 5.13. The molecule has 1 saturated carbocycles. The quantitative estimate of drug-likeness (QED) is 0.549. The molecule has 2 aliphatic heterocycles. The summed E-state index contributed by atoms with van der Waals surface area (Å²) in [5.41, 5.74) is -0.947. The molecule has 1 N–H and O–H groups in total. The molecule has 2 saturated heterocycles. The molecule has 3 rings (SSSR count). The molecule has 2 heterocycles. The minimum absolute atomic E-state index is 0.182. The Morgan fingerprint density at radius 1 is 1.11 bits per heavy atom. The lowest BCUT2D eigenvalue weighted by atomic mass is 9.78. The van der Waals surface area contributed by atoms with Gasteiger partial charge in [0.05, 0.1) is 0 Å². The molecule has 0 aromatic heterocycles. The second kappa shape index (κ2) is 8.49. The van der Waals surface area contributed by atoms with E-state index in [0.29, 0.717) is 25.3 Å². The lowest BCUT2D eigenvalue weighted by Gasteiger charge is -2.44. The summed E-state index contributed by atoms with van der Waals surface area (Å²) in [6, 6.07) is -0.326. The number of rotatable bonds is 6. The first-order valence-electron chi connectivity index (χ1n) is 10.5. The van der Waals surface area contributed by atoms with E-state index in [9.17, 15) is 19.2 Å². The third-order valence-corrected chi connectivity index (χ3v) is 6.66. The average Bonchev–Trinajstić information content (AvgIpc) is 2.96. The Morgan fingerprint density at radius 3 is 2.46 bits per heavy atom. The van der Waals surface area contributed by atoms with Crippen LogP contribution in [-0.4, -0.2) is 64.9 Å². The molecule has 8 heteroatoms. The standard InChI is InChI=1S/C20H31N3O5/c1-3-20(4-2)18(26)23(19(27)21-20)12-17(25)28-13-16(24)22-11-7-9-14-8-5-6-10-15(14)22/h14-15H,3-13H2,1-2H3,(H,21,27)/t14-,15-/m0/s1. The smallest absolute Gasteiger partial charge is 0.326 e. The van der Waals surface area contributed by atoms with Crippen molar-refractivity contribution in [1.82, 2.24) is 15.1 Å². The van der Waals surface area contributed by atoms with Crippen LogP contribution in [0.4, 0.5) is 4.79 Å². The molecule has 156 valence electrons. The van der Waals surface area contributed by atoms with E-state index < -0.39 is 30.0 Å². The van der Waals surface area contributed by atoms with Crippen molar-refractivity contribution in [3.05, 3.63) is 0 Å². The van der Waals surface area contributed by atoms with E-state index in [2.05, 4.69) is 5.32 Å². The lowest BCUT2D eigenvalue weighted by molar-refractivity contribution is -0.156. The topological polar surface area (TPSA) is 96.0 Å². The fourth-order valence-corrected chi connectivity index (χ4v) is 4.88. The number of carbonyl (C=O) groups excluding carboxylic acids is 4. The number of hydrogen-bond acceptors (Lipinski definition) is 5. The molecule has 28 heavy (non-hydrogen) atoms. The summed E-state index contributed by atoms with van der Waals surface area (Å²) in [5.74, 6) is -0.771. The largest absolute Gasteiger partial charge is 0.454 e. The number of hydrogen-bond donors (Lipinski definition) is 1. The monoisotopic (exact) mass is 393 g/mol. The number of imide groups is 1. The van der Waals surface area contributed by atoms with Crippen LogP contribution in [0.3, 0.4) is 0 Å². The van der Waals surface area contributed by atoms with Crippen molar-refractivity contribution in [1.29, 1.82) is 0 Å². The maximum absolute atomic E-state index is 12.6. The minimum Gasteiger partial charge on any atom is -0.454 e. The molecule has 3 fully saturated rings. The number of amides is 4. The third-order valence-electron chi connectivity index (χ3n) is 6.66. The first-order valence-corrected chi connectivity index (χ1v) is 10.5. The van der Waals surface area contributed by atoms with E-state index in [1.165, 1.54) is 6.42 Å². The van der Waals surface area contributed by atoms with Crippen LogP contribution < -0.4 is 5.32 Å². The van der Waals surface area contributed by atoms with E-state index in [4.69, 9.17) is 4.74 Å². The van der Waals surface area contributed by atoms with Crippen LogP contribution in [0.2, 0.25) is 0 Å². The van der Waals surface area contributed by atoms with Gasteiger partial charge in [-0.15, -0.1) is 0 Å². The molecule has 4 amide bonds. The molecule has 8 nitrogen and oxygen atoms in total.